The first kappa shape index (κ1) is 15.0. The fraction of sp³-hybridized carbons (Fsp3) is 0.588. The zero-order chi connectivity index (χ0) is 14.5. The molecule has 110 valence electrons. The molecule has 1 aliphatic carbocycles. The molecule has 0 radical (unpaired) electrons. The monoisotopic (exact) mass is 274 g/mol. The summed E-state index contributed by atoms with van der Waals surface area (Å²) in [5, 5.41) is 3.09. The van der Waals surface area contributed by atoms with Gasteiger partial charge in [-0.05, 0) is 37.3 Å². The normalized spacial score (nSPS) is 19.6. The molecular formula is C17H26N2O. The predicted octanol–water partition coefficient (Wildman–Crippen LogP) is 2.60. The minimum atomic E-state index is 0.0871. The Balaban J connectivity index is 1.68. The van der Waals surface area contributed by atoms with Crippen LogP contribution in [0.15, 0.2) is 24.3 Å². The Morgan fingerprint density at radius 2 is 2.10 bits per heavy atom. The van der Waals surface area contributed by atoms with Gasteiger partial charge in [0.2, 0.25) is 5.91 Å². The summed E-state index contributed by atoms with van der Waals surface area (Å²) in [6, 6.07) is 8.72. The molecule has 0 bridgehead atoms. The van der Waals surface area contributed by atoms with Gasteiger partial charge < -0.3 is 11.1 Å². The topological polar surface area (TPSA) is 55.1 Å². The van der Waals surface area contributed by atoms with Gasteiger partial charge in [0, 0.05) is 24.4 Å². The first-order chi connectivity index (χ1) is 9.58. The van der Waals surface area contributed by atoms with Crippen molar-refractivity contribution in [3.05, 3.63) is 35.4 Å². The van der Waals surface area contributed by atoms with Crippen molar-refractivity contribution >= 4 is 5.91 Å². The summed E-state index contributed by atoms with van der Waals surface area (Å²) < 4.78 is 0. The summed E-state index contributed by atoms with van der Waals surface area (Å²) >= 11 is 0. The molecule has 1 aromatic carbocycles. The average Bonchev–Trinajstić information content (AvgIpc) is 2.39. The molecule has 2 rings (SSSR count). The van der Waals surface area contributed by atoms with E-state index in [1.165, 1.54) is 11.1 Å². The van der Waals surface area contributed by atoms with Gasteiger partial charge in [-0.3, -0.25) is 4.79 Å². The lowest BCUT2D eigenvalue weighted by Crippen LogP contribution is -2.36. The number of carbonyl (C=O) groups is 1. The van der Waals surface area contributed by atoms with Crippen LogP contribution in [0.25, 0.3) is 0 Å². The van der Waals surface area contributed by atoms with Crippen molar-refractivity contribution in [3.8, 4) is 0 Å². The van der Waals surface area contributed by atoms with E-state index in [0.717, 1.165) is 32.2 Å². The Hall–Kier alpha value is -1.35. The van der Waals surface area contributed by atoms with E-state index < -0.39 is 0 Å². The molecule has 1 amide bonds. The van der Waals surface area contributed by atoms with Crippen molar-refractivity contribution in [1.82, 2.24) is 5.32 Å². The van der Waals surface area contributed by atoms with Crippen molar-refractivity contribution in [2.45, 2.75) is 51.5 Å². The molecule has 0 aliphatic heterocycles. The standard InChI is InChI=1S/C17H26N2O/c1-12(6-5-7-13(2)18)17(20)19-11-15-10-14-8-3-4-9-16(14)15/h3-4,8-9,12-13,15H,5-7,10-11,18H2,1-2H3,(H,19,20). The third kappa shape index (κ3) is 3.83. The molecule has 1 aliphatic rings. The quantitative estimate of drug-likeness (QED) is 0.803. The molecular weight excluding hydrogens is 248 g/mol. The lowest BCUT2D eigenvalue weighted by atomic mass is 9.77. The van der Waals surface area contributed by atoms with E-state index in [2.05, 4.69) is 29.6 Å². The minimum Gasteiger partial charge on any atom is -0.355 e. The summed E-state index contributed by atoms with van der Waals surface area (Å²) in [7, 11) is 0. The molecule has 0 fully saturated rings. The highest BCUT2D eigenvalue weighted by atomic mass is 16.1. The average molecular weight is 274 g/mol. The van der Waals surface area contributed by atoms with E-state index in [-0.39, 0.29) is 17.9 Å². The number of nitrogens with one attached hydrogen (secondary N) is 1. The van der Waals surface area contributed by atoms with Crippen LogP contribution >= 0.6 is 0 Å². The van der Waals surface area contributed by atoms with Crippen LogP contribution in [-0.4, -0.2) is 18.5 Å². The molecule has 3 atom stereocenters. The van der Waals surface area contributed by atoms with Gasteiger partial charge in [-0.2, -0.15) is 0 Å². The second-order valence-electron chi connectivity index (χ2n) is 6.15. The summed E-state index contributed by atoms with van der Waals surface area (Å²) in [5.74, 6) is 0.773. The SMILES string of the molecule is CC(N)CCCC(C)C(=O)NCC1Cc2ccccc21. The maximum atomic E-state index is 12.0. The van der Waals surface area contributed by atoms with E-state index in [9.17, 15) is 4.79 Å². The smallest absolute Gasteiger partial charge is 0.222 e. The molecule has 3 N–H and O–H groups in total. The summed E-state index contributed by atoms with van der Waals surface area (Å²) in [6.07, 6.45) is 4.04. The lowest BCUT2D eigenvalue weighted by Gasteiger charge is -2.30. The first-order valence-corrected chi connectivity index (χ1v) is 7.69. The Kier molecular flexibility index (Phi) is 5.18. The Bertz CT molecular complexity index is 456. The van der Waals surface area contributed by atoms with E-state index in [0.29, 0.717) is 5.92 Å². The van der Waals surface area contributed by atoms with Crippen molar-refractivity contribution in [2.24, 2.45) is 11.7 Å². The number of carbonyl (C=O) groups excluding carboxylic acids is 1. The maximum Gasteiger partial charge on any atom is 0.222 e. The first-order valence-electron chi connectivity index (χ1n) is 7.69. The highest BCUT2D eigenvalue weighted by molar-refractivity contribution is 5.78. The highest BCUT2D eigenvalue weighted by Gasteiger charge is 2.26. The number of amides is 1. The zero-order valence-electron chi connectivity index (χ0n) is 12.6. The highest BCUT2D eigenvalue weighted by Crippen LogP contribution is 2.34. The molecule has 3 heteroatoms. The van der Waals surface area contributed by atoms with Crippen LogP contribution in [0.2, 0.25) is 0 Å². The van der Waals surface area contributed by atoms with Gasteiger partial charge in [0.25, 0.3) is 0 Å². The number of rotatable bonds is 7. The van der Waals surface area contributed by atoms with Crippen LogP contribution in [0.5, 0.6) is 0 Å². The van der Waals surface area contributed by atoms with Gasteiger partial charge in [-0.1, -0.05) is 37.6 Å². The van der Waals surface area contributed by atoms with E-state index >= 15 is 0 Å². The van der Waals surface area contributed by atoms with Gasteiger partial charge in [0.05, 0.1) is 0 Å². The van der Waals surface area contributed by atoms with Gasteiger partial charge >= 0.3 is 0 Å². The molecule has 1 aromatic rings. The van der Waals surface area contributed by atoms with Crippen molar-refractivity contribution in [1.29, 1.82) is 0 Å². The molecule has 0 aromatic heterocycles. The molecule has 0 heterocycles. The van der Waals surface area contributed by atoms with Crippen molar-refractivity contribution in [3.63, 3.8) is 0 Å². The largest absolute Gasteiger partial charge is 0.355 e. The summed E-state index contributed by atoms with van der Waals surface area (Å²) in [6.45, 7) is 4.79. The second-order valence-corrected chi connectivity index (χ2v) is 6.15. The molecule has 0 saturated heterocycles. The van der Waals surface area contributed by atoms with Crippen LogP contribution in [-0.2, 0) is 11.2 Å². The van der Waals surface area contributed by atoms with E-state index in [1.807, 2.05) is 13.8 Å². The predicted molar refractivity (Wildman–Crippen MR) is 82.6 cm³/mol. The van der Waals surface area contributed by atoms with Gasteiger partial charge in [0.15, 0.2) is 0 Å². The van der Waals surface area contributed by atoms with E-state index in [4.69, 9.17) is 5.73 Å². The summed E-state index contributed by atoms with van der Waals surface area (Å²) in [4.78, 5) is 12.0. The molecule has 0 spiro atoms. The van der Waals surface area contributed by atoms with Crippen LogP contribution in [0.3, 0.4) is 0 Å². The van der Waals surface area contributed by atoms with Crippen LogP contribution < -0.4 is 11.1 Å². The fourth-order valence-electron chi connectivity index (χ4n) is 2.82. The number of hydrogen-bond donors (Lipinski definition) is 2. The Morgan fingerprint density at radius 1 is 1.35 bits per heavy atom. The summed E-state index contributed by atoms with van der Waals surface area (Å²) in [5.41, 5.74) is 8.55. The number of hydrogen-bond acceptors (Lipinski definition) is 2. The maximum absolute atomic E-state index is 12.0. The van der Waals surface area contributed by atoms with E-state index in [1.54, 1.807) is 0 Å². The lowest BCUT2D eigenvalue weighted by molar-refractivity contribution is -0.124. The third-order valence-electron chi connectivity index (χ3n) is 4.23. The number of fused-ring (bicyclic) bond motifs is 1. The molecule has 20 heavy (non-hydrogen) atoms. The Labute approximate surface area is 121 Å². The van der Waals surface area contributed by atoms with Gasteiger partial charge in [-0.15, -0.1) is 0 Å². The Morgan fingerprint density at radius 3 is 2.80 bits per heavy atom. The van der Waals surface area contributed by atoms with Crippen LogP contribution in [0.1, 0.15) is 50.2 Å². The van der Waals surface area contributed by atoms with Gasteiger partial charge in [0.1, 0.15) is 0 Å². The second kappa shape index (κ2) is 6.89. The number of benzene rings is 1. The minimum absolute atomic E-state index is 0.0871. The van der Waals surface area contributed by atoms with Crippen molar-refractivity contribution in [2.75, 3.05) is 6.54 Å². The molecule has 0 saturated carbocycles. The molecule has 3 unspecified atom stereocenters. The zero-order valence-corrected chi connectivity index (χ0v) is 12.6. The van der Waals surface area contributed by atoms with Gasteiger partial charge in [-0.25, -0.2) is 0 Å². The fourth-order valence-corrected chi connectivity index (χ4v) is 2.82. The van der Waals surface area contributed by atoms with Crippen LogP contribution in [0.4, 0.5) is 0 Å². The van der Waals surface area contributed by atoms with Crippen molar-refractivity contribution < 1.29 is 4.79 Å². The molecule has 3 nitrogen and oxygen atoms in total. The third-order valence-corrected chi connectivity index (χ3v) is 4.23. The number of nitrogens with two attached hydrogens (primary N) is 1. The van der Waals surface area contributed by atoms with Crippen LogP contribution in [0, 0.1) is 5.92 Å².